The molecule has 0 aliphatic heterocycles. The van der Waals surface area contributed by atoms with Gasteiger partial charge >= 0.3 is 0 Å². The lowest BCUT2D eigenvalue weighted by Crippen LogP contribution is -2.15. The quantitative estimate of drug-likeness (QED) is 0.790. The standard InChI is InChI=1S/C18H20BrNO/c1-2-14-5-3-4-6-17(14)21-18-10-7-13(11-16(18)19)12-20-15-8-9-15/h3-7,10-11,15,20H,2,8-9,12H2,1H3. The molecule has 0 atom stereocenters. The van der Waals surface area contributed by atoms with E-state index in [9.17, 15) is 0 Å². The average Bonchev–Trinajstić information content (AvgIpc) is 3.32. The molecular formula is C18H20BrNO. The molecule has 1 aliphatic carbocycles. The van der Waals surface area contributed by atoms with Crippen molar-refractivity contribution in [1.29, 1.82) is 0 Å². The van der Waals surface area contributed by atoms with Crippen molar-refractivity contribution < 1.29 is 4.74 Å². The summed E-state index contributed by atoms with van der Waals surface area (Å²) in [5.74, 6) is 1.80. The van der Waals surface area contributed by atoms with Crippen molar-refractivity contribution >= 4 is 15.9 Å². The van der Waals surface area contributed by atoms with Crippen LogP contribution in [0.5, 0.6) is 11.5 Å². The zero-order valence-corrected chi connectivity index (χ0v) is 13.8. The second kappa shape index (κ2) is 6.63. The first-order chi connectivity index (χ1) is 10.3. The Hall–Kier alpha value is -1.32. The fourth-order valence-electron chi connectivity index (χ4n) is 2.30. The summed E-state index contributed by atoms with van der Waals surface area (Å²) < 4.78 is 7.06. The van der Waals surface area contributed by atoms with Crippen LogP contribution in [0.1, 0.15) is 30.9 Å². The number of hydrogen-bond donors (Lipinski definition) is 1. The maximum atomic E-state index is 6.06. The highest BCUT2D eigenvalue weighted by atomic mass is 79.9. The van der Waals surface area contributed by atoms with Crippen LogP contribution in [0.25, 0.3) is 0 Å². The molecule has 2 aromatic carbocycles. The maximum Gasteiger partial charge on any atom is 0.141 e. The molecule has 1 saturated carbocycles. The molecule has 21 heavy (non-hydrogen) atoms. The third-order valence-corrected chi connectivity index (χ3v) is 4.36. The molecule has 0 unspecified atom stereocenters. The highest BCUT2D eigenvalue weighted by Gasteiger charge is 2.20. The molecule has 0 bridgehead atoms. The van der Waals surface area contributed by atoms with Gasteiger partial charge in [0.25, 0.3) is 0 Å². The van der Waals surface area contributed by atoms with Crippen molar-refractivity contribution in [3.63, 3.8) is 0 Å². The Balaban J connectivity index is 1.72. The predicted octanol–water partition coefficient (Wildman–Crippen LogP) is 5.06. The summed E-state index contributed by atoms with van der Waals surface area (Å²) in [4.78, 5) is 0. The fraction of sp³-hybridized carbons (Fsp3) is 0.333. The second-order valence-electron chi connectivity index (χ2n) is 5.48. The van der Waals surface area contributed by atoms with Gasteiger partial charge in [0, 0.05) is 12.6 Å². The molecular weight excluding hydrogens is 326 g/mol. The molecule has 1 aliphatic rings. The van der Waals surface area contributed by atoms with E-state index in [1.165, 1.54) is 24.0 Å². The lowest BCUT2D eigenvalue weighted by Gasteiger charge is -2.12. The van der Waals surface area contributed by atoms with Gasteiger partial charge in [-0.05, 0) is 64.5 Å². The summed E-state index contributed by atoms with van der Waals surface area (Å²) in [7, 11) is 0. The van der Waals surface area contributed by atoms with Gasteiger partial charge in [0.15, 0.2) is 0 Å². The number of hydrogen-bond acceptors (Lipinski definition) is 2. The van der Waals surface area contributed by atoms with E-state index in [0.29, 0.717) is 0 Å². The van der Waals surface area contributed by atoms with Gasteiger partial charge in [-0.25, -0.2) is 0 Å². The molecule has 0 aromatic heterocycles. The largest absolute Gasteiger partial charge is 0.456 e. The summed E-state index contributed by atoms with van der Waals surface area (Å²) in [5, 5.41) is 3.53. The molecule has 2 nitrogen and oxygen atoms in total. The van der Waals surface area contributed by atoms with E-state index in [1.54, 1.807) is 0 Å². The van der Waals surface area contributed by atoms with Gasteiger partial charge in [-0.2, -0.15) is 0 Å². The minimum atomic E-state index is 0.733. The van der Waals surface area contributed by atoms with Gasteiger partial charge in [-0.3, -0.25) is 0 Å². The zero-order chi connectivity index (χ0) is 14.7. The number of nitrogens with one attached hydrogen (secondary N) is 1. The summed E-state index contributed by atoms with van der Waals surface area (Å²) in [6, 6.07) is 15.2. The maximum absolute atomic E-state index is 6.06. The minimum absolute atomic E-state index is 0.733. The van der Waals surface area contributed by atoms with Crippen LogP contribution >= 0.6 is 15.9 Å². The van der Waals surface area contributed by atoms with Crippen LogP contribution in [0.15, 0.2) is 46.9 Å². The van der Waals surface area contributed by atoms with Gasteiger partial charge in [-0.1, -0.05) is 31.2 Å². The SMILES string of the molecule is CCc1ccccc1Oc1ccc(CNC2CC2)cc1Br. The minimum Gasteiger partial charge on any atom is -0.456 e. The Morgan fingerprint density at radius 2 is 1.95 bits per heavy atom. The monoisotopic (exact) mass is 345 g/mol. The lowest BCUT2D eigenvalue weighted by atomic mass is 10.1. The Bertz CT molecular complexity index is 622. The lowest BCUT2D eigenvalue weighted by molar-refractivity contribution is 0.473. The van der Waals surface area contributed by atoms with Gasteiger partial charge in [0.2, 0.25) is 0 Å². The van der Waals surface area contributed by atoms with E-state index in [2.05, 4.69) is 46.4 Å². The third kappa shape index (κ3) is 3.86. The molecule has 1 N–H and O–H groups in total. The van der Waals surface area contributed by atoms with Crippen LogP contribution < -0.4 is 10.1 Å². The summed E-state index contributed by atoms with van der Waals surface area (Å²) in [6.07, 6.45) is 3.60. The Morgan fingerprint density at radius 1 is 1.14 bits per heavy atom. The molecule has 2 aromatic rings. The first-order valence-corrected chi connectivity index (χ1v) is 8.33. The number of rotatable bonds is 6. The van der Waals surface area contributed by atoms with Crippen LogP contribution in [-0.2, 0) is 13.0 Å². The number of halogens is 1. The molecule has 0 spiro atoms. The summed E-state index contributed by atoms with van der Waals surface area (Å²) in [5.41, 5.74) is 2.51. The van der Waals surface area contributed by atoms with Crippen molar-refractivity contribution in [2.45, 2.75) is 38.8 Å². The fourth-order valence-corrected chi connectivity index (χ4v) is 2.81. The van der Waals surface area contributed by atoms with E-state index in [1.807, 2.05) is 24.3 Å². The highest BCUT2D eigenvalue weighted by Crippen LogP contribution is 2.32. The van der Waals surface area contributed by atoms with E-state index in [0.717, 1.165) is 35.0 Å². The van der Waals surface area contributed by atoms with E-state index in [-0.39, 0.29) is 0 Å². The van der Waals surface area contributed by atoms with Crippen molar-refractivity contribution in [2.75, 3.05) is 0 Å². The molecule has 110 valence electrons. The predicted molar refractivity (Wildman–Crippen MR) is 89.9 cm³/mol. The van der Waals surface area contributed by atoms with Gasteiger partial charge in [-0.15, -0.1) is 0 Å². The second-order valence-corrected chi connectivity index (χ2v) is 6.34. The number of benzene rings is 2. The van der Waals surface area contributed by atoms with Crippen LogP contribution in [0, 0.1) is 0 Å². The number of aryl methyl sites for hydroxylation is 1. The third-order valence-electron chi connectivity index (χ3n) is 3.74. The smallest absolute Gasteiger partial charge is 0.141 e. The van der Waals surface area contributed by atoms with E-state index in [4.69, 9.17) is 4.74 Å². The highest BCUT2D eigenvalue weighted by molar-refractivity contribution is 9.10. The van der Waals surface area contributed by atoms with Crippen molar-refractivity contribution in [3.05, 3.63) is 58.1 Å². The van der Waals surface area contributed by atoms with Gasteiger partial charge in [0.1, 0.15) is 11.5 Å². The van der Waals surface area contributed by atoms with Crippen molar-refractivity contribution in [1.82, 2.24) is 5.32 Å². The average molecular weight is 346 g/mol. The normalized spacial score (nSPS) is 14.2. The summed E-state index contributed by atoms with van der Waals surface area (Å²) in [6.45, 7) is 3.07. The molecule has 3 heteroatoms. The molecule has 1 fully saturated rings. The topological polar surface area (TPSA) is 21.3 Å². The van der Waals surface area contributed by atoms with Crippen LogP contribution in [0.4, 0.5) is 0 Å². The van der Waals surface area contributed by atoms with Crippen molar-refractivity contribution in [3.8, 4) is 11.5 Å². The molecule has 0 saturated heterocycles. The molecule has 0 amide bonds. The molecule has 0 radical (unpaired) electrons. The van der Waals surface area contributed by atoms with E-state index >= 15 is 0 Å². The number of para-hydroxylation sites is 1. The van der Waals surface area contributed by atoms with Crippen molar-refractivity contribution in [2.24, 2.45) is 0 Å². The van der Waals surface area contributed by atoms with Crippen LogP contribution in [0.2, 0.25) is 0 Å². The Labute approximate surface area is 134 Å². The Morgan fingerprint density at radius 3 is 2.67 bits per heavy atom. The summed E-state index contributed by atoms with van der Waals surface area (Å²) >= 11 is 3.62. The first-order valence-electron chi connectivity index (χ1n) is 7.54. The van der Waals surface area contributed by atoms with Gasteiger partial charge < -0.3 is 10.1 Å². The molecule has 0 heterocycles. The van der Waals surface area contributed by atoms with E-state index < -0.39 is 0 Å². The molecule has 3 rings (SSSR count). The number of ether oxygens (including phenoxy) is 1. The van der Waals surface area contributed by atoms with Gasteiger partial charge in [0.05, 0.1) is 4.47 Å². The zero-order valence-electron chi connectivity index (χ0n) is 12.2. The Kier molecular flexibility index (Phi) is 4.61. The first kappa shape index (κ1) is 14.6. The van der Waals surface area contributed by atoms with Crippen LogP contribution in [0.3, 0.4) is 0 Å². The van der Waals surface area contributed by atoms with Crippen LogP contribution in [-0.4, -0.2) is 6.04 Å².